The van der Waals surface area contributed by atoms with Crippen LogP contribution in [0.4, 0.5) is 28.4 Å². The predicted octanol–water partition coefficient (Wildman–Crippen LogP) is 17.2. The van der Waals surface area contributed by atoms with Crippen LogP contribution in [0.15, 0.2) is 156 Å². The number of hydrogen-bond donors (Lipinski definition) is 0. The lowest BCUT2D eigenvalue weighted by atomic mass is 9.42. The molecule has 0 bridgehead atoms. The molecule has 13 rings (SSSR count). The van der Waals surface area contributed by atoms with Gasteiger partial charge in [0, 0.05) is 55.6 Å². The van der Waals surface area contributed by atoms with Gasteiger partial charge >= 0.3 is 6.85 Å². The minimum Gasteiger partial charge on any atom is -0.455 e. The van der Waals surface area contributed by atoms with Gasteiger partial charge in [-0.25, -0.2) is 0 Å². The van der Waals surface area contributed by atoms with Crippen LogP contribution in [0.3, 0.4) is 0 Å². The molecule has 2 aliphatic carbocycles. The molecule has 9 aromatic rings. The summed E-state index contributed by atoms with van der Waals surface area (Å²) in [5, 5.41) is 2.29. The molecule has 0 N–H and O–H groups in total. The Labute approximate surface area is 421 Å². The normalized spacial score (nSPS) is 16.9. The average molecular weight is 925 g/mol. The summed E-state index contributed by atoms with van der Waals surface area (Å²) in [4.78, 5) is 5.45. The Morgan fingerprint density at radius 1 is 0.507 bits per heavy atom. The Morgan fingerprint density at radius 3 is 1.87 bits per heavy atom. The minimum atomic E-state index is -0.305. The van der Waals surface area contributed by atoms with E-state index in [1.807, 2.05) is 0 Å². The zero-order valence-corrected chi connectivity index (χ0v) is 43.7. The van der Waals surface area contributed by atoms with Crippen molar-refractivity contribution in [2.45, 2.75) is 123 Å². The number of anilines is 5. The molecule has 4 heteroatoms. The number of fused-ring (bicyclic) bond motifs is 13. The van der Waals surface area contributed by atoms with Crippen LogP contribution >= 0.6 is 0 Å². The number of para-hydroxylation sites is 1. The summed E-state index contributed by atoms with van der Waals surface area (Å²) in [6, 6.07) is 58.5. The average Bonchev–Trinajstić information content (AvgIpc) is 3.83. The van der Waals surface area contributed by atoms with Crippen LogP contribution < -0.4 is 20.6 Å². The molecule has 352 valence electrons. The summed E-state index contributed by atoms with van der Waals surface area (Å²) in [6.07, 6.45) is 2.28. The molecule has 2 aliphatic heterocycles. The highest BCUT2D eigenvalue weighted by Gasteiger charge is 2.51. The Balaban J connectivity index is 1.24. The fourth-order valence-electron chi connectivity index (χ4n) is 13.3. The summed E-state index contributed by atoms with van der Waals surface area (Å²) in [6.45, 7) is 28.5. The zero-order valence-electron chi connectivity index (χ0n) is 43.7. The van der Waals surface area contributed by atoms with E-state index < -0.39 is 0 Å². The van der Waals surface area contributed by atoms with Gasteiger partial charge in [0.05, 0.1) is 5.69 Å². The van der Waals surface area contributed by atoms with Crippen molar-refractivity contribution in [1.82, 2.24) is 0 Å². The van der Waals surface area contributed by atoms with E-state index in [0.29, 0.717) is 0 Å². The lowest BCUT2D eigenvalue weighted by Gasteiger charge is -2.49. The molecule has 0 saturated carbocycles. The van der Waals surface area contributed by atoms with Crippen molar-refractivity contribution in [3.63, 3.8) is 0 Å². The Bertz CT molecular complexity index is 3710. The molecular weight excluding hydrogens is 860 g/mol. The van der Waals surface area contributed by atoms with Gasteiger partial charge in [-0.15, -0.1) is 0 Å². The highest BCUT2D eigenvalue weighted by Crippen LogP contribution is 2.59. The van der Waals surface area contributed by atoms with Crippen molar-refractivity contribution in [3.05, 3.63) is 185 Å². The number of benzene rings is 8. The van der Waals surface area contributed by atoms with E-state index >= 15 is 0 Å². The van der Waals surface area contributed by atoms with Gasteiger partial charge in [-0.2, -0.15) is 0 Å². The molecule has 1 aromatic heterocycles. The van der Waals surface area contributed by atoms with E-state index in [1.165, 1.54) is 106 Å². The van der Waals surface area contributed by atoms with E-state index in [2.05, 4.69) is 244 Å². The first-order valence-corrected chi connectivity index (χ1v) is 26.1. The third kappa shape index (κ3) is 6.28. The second kappa shape index (κ2) is 14.7. The van der Waals surface area contributed by atoms with Gasteiger partial charge in [0.1, 0.15) is 11.2 Å². The number of nitrogens with zero attached hydrogens (tertiary/aromatic N) is 2. The second-order valence-electron chi connectivity index (χ2n) is 25.2. The Hall–Kier alpha value is -6.78. The molecule has 0 spiro atoms. The number of rotatable bonds is 3. The number of hydrogen-bond acceptors (Lipinski definition) is 3. The van der Waals surface area contributed by atoms with Crippen LogP contribution in [0.2, 0.25) is 0 Å². The van der Waals surface area contributed by atoms with Crippen LogP contribution in [-0.2, 0) is 27.1 Å². The van der Waals surface area contributed by atoms with Gasteiger partial charge in [0.2, 0.25) is 0 Å². The van der Waals surface area contributed by atoms with Crippen molar-refractivity contribution < 1.29 is 4.42 Å². The molecule has 0 unspecified atom stereocenters. The SMILES string of the molecule is CC(C)(C)c1ccc(N2B3c4ccc5c(c4N(c4ccc(C(C)(C)C)cc4-c4ccccc4)c4cc6c(oc7ccccc76)c(c43)-c3cc4c(cc32)C(C)(C)CCC4(C)C)C(C)(C)c2ccccc2-5)cc1. The molecule has 3 heterocycles. The summed E-state index contributed by atoms with van der Waals surface area (Å²) in [5.41, 5.74) is 26.1. The first-order valence-electron chi connectivity index (χ1n) is 26.1. The van der Waals surface area contributed by atoms with Gasteiger partial charge in [-0.1, -0.05) is 186 Å². The quantitative estimate of drug-likeness (QED) is 0.165. The lowest BCUT2D eigenvalue weighted by molar-refractivity contribution is 0.332. The van der Waals surface area contributed by atoms with Crippen molar-refractivity contribution >= 4 is 68.1 Å². The molecule has 71 heavy (non-hydrogen) atoms. The van der Waals surface area contributed by atoms with E-state index in [-0.39, 0.29) is 33.9 Å². The van der Waals surface area contributed by atoms with Gasteiger partial charge in [-0.3, -0.25) is 0 Å². The summed E-state index contributed by atoms with van der Waals surface area (Å²) in [5.74, 6) is 0. The maximum Gasteiger partial charge on any atom is 0.333 e. The Kier molecular flexibility index (Phi) is 9.12. The van der Waals surface area contributed by atoms with Crippen LogP contribution in [0, 0.1) is 0 Å². The fourth-order valence-corrected chi connectivity index (χ4v) is 13.3. The van der Waals surface area contributed by atoms with Crippen LogP contribution in [0.1, 0.15) is 129 Å². The lowest BCUT2D eigenvalue weighted by Crippen LogP contribution is -2.62. The second-order valence-corrected chi connectivity index (χ2v) is 25.2. The van der Waals surface area contributed by atoms with E-state index in [9.17, 15) is 0 Å². The molecule has 0 atom stereocenters. The molecule has 0 amide bonds. The standard InChI is InChI=1S/C67H65BN2O/c1-63(2,3)41-26-29-43(30-27-41)70-55-39-52-51(65(7,8)34-35-66(52,9)10)37-49(55)58-60-56(38-48-45-23-17-19-25-57(45)71-62(48)58)69(54-33-28-42(64(4,5)6)36-47(54)40-20-14-13-15-21-40)61-53(68(60)70)32-31-46-44-22-16-18-24-50(44)67(11,12)59(46)61/h13-33,36-39H,34-35H2,1-12H3. The maximum absolute atomic E-state index is 7.30. The largest absolute Gasteiger partial charge is 0.455 e. The van der Waals surface area contributed by atoms with Gasteiger partial charge in [0.15, 0.2) is 0 Å². The van der Waals surface area contributed by atoms with E-state index in [0.717, 1.165) is 34.8 Å². The van der Waals surface area contributed by atoms with Gasteiger partial charge < -0.3 is 14.1 Å². The monoisotopic (exact) mass is 925 g/mol. The van der Waals surface area contributed by atoms with Crippen molar-refractivity contribution in [2.75, 3.05) is 9.71 Å². The zero-order chi connectivity index (χ0) is 49.3. The molecule has 3 nitrogen and oxygen atoms in total. The fraction of sp³-hybridized carbons (Fsp3) is 0.284. The van der Waals surface area contributed by atoms with Crippen LogP contribution in [0.5, 0.6) is 0 Å². The number of furan rings is 1. The highest BCUT2D eigenvalue weighted by atomic mass is 16.3. The smallest absolute Gasteiger partial charge is 0.333 e. The van der Waals surface area contributed by atoms with Crippen LogP contribution in [0.25, 0.3) is 55.3 Å². The highest BCUT2D eigenvalue weighted by molar-refractivity contribution is 6.94. The summed E-state index contributed by atoms with van der Waals surface area (Å²) >= 11 is 0. The molecule has 0 fully saturated rings. The predicted molar refractivity (Wildman–Crippen MR) is 303 cm³/mol. The molecular formula is C67H65BN2O. The van der Waals surface area contributed by atoms with Gasteiger partial charge in [-0.05, 0) is 144 Å². The topological polar surface area (TPSA) is 19.6 Å². The molecule has 0 saturated heterocycles. The molecule has 8 aromatic carbocycles. The van der Waals surface area contributed by atoms with Crippen molar-refractivity contribution in [3.8, 4) is 33.4 Å². The van der Waals surface area contributed by atoms with Gasteiger partial charge in [0.25, 0.3) is 0 Å². The molecule has 0 radical (unpaired) electrons. The molecule has 4 aliphatic rings. The first kappa shape index (κ1) is 44.2. The van der Waals surface area contributed by atoms with E-state index in [4.69, 9.17) is 4.42 Å². The summed E-state index contributed by atoms with van der Waals surface area (Å²) < 4.78 is 7.30. The van der Waals surface area contributed by atoms with E-state index in [1.54, 1.807) is 0 Å². The minimum absolute atomic E-state index is 0.00306. The van der Waals surface area contributed by atoms with Crippen molar-refractivity contribution in [2.24, 2.45) is 0 Å². The van der Waals surface area contributed by atoms with Crippen LogP contribution in [-0.4, -0.2) is 6.85 Å². The summed E-state index contributed by atoms with van der Waals surface area (Å²) in [7, 11) is 0. The Morgan fingerprint density at radius 2 is 1.15 bits per heavy atom. The third-order valence-electron chi connectivity index (χ3n) is 17.4. The first-order chi connectivity index (χ1) is 33.7. The van der Waals surface area contributed by atoms with Crippen molar-refractivity contribution in [1.29, 1.82) is 0 Å². The maximum atomic E-state index is 7.30. The third-order valence-corrected chi connectivity index (χ3v) is 17.4.